The maximum absolute atomic E-state index is 11.9. The number of aliphatic carboxylic acids is 1. The summed E-state index contributed by atoms with van der Waals surface area (Å²) in [4.78, 5) is 25.2. The van der Waals surface area contributed by atoms with Crippen molar-refractivity contribution in [3.63, 3.8) is 0 Å². The molecule has 19 heavy (non-hydrogen) atoms. The Hall–Kier alpha value is -1.69. The highest BCUT2D eigenvalue weighted by molar-refractivity contribution is 7.12. The van der Waals surface area contributed by atoms with E-state index in [2.05, 4.69) is 18.1 Å². The van der Waals surface area contributed by atoms with Gasteiger partial charge in [0.2, 0.25) is 5.91 Å². The Kier molecular flexibility index (Phi) is 2.89. The molecule has 5 nitrogen and oxygen atoms in total. The van der Waals surface area contributed by atoms with Crippen LogP contribution in [0.3, 0.4) is 0 Å². The summed E-state index contributed by atoms with van der Waals surface area (Å²) in [6, 6.07) is 2.10. The molecule has 6 heteroatoms. The maximum atomic E-state index is 11.9. The van der Waals surface area contributed by atoms with E-state index >= 15 is 0 Å². The van der Waals surface area contributed by atoms with Crippen molar-refractivity contribution in [2.75, 3.05) is 6.54 Å². The predicted molar refractivity (Wildman–Crippen MR) is 71.4 cm³/mol. The van der Waals surface area contributed by atoms with Gasteiger partial charge in [-0.1, -0.05) is 0 Å². The predicted octanol–water partition coefficient (Wildman–Crippen LogP) is 1.64. The second-order valence-corrected chi connectivity index (χ2v) is 6.30. The van der Waals surface area contributed by atoms with E-state index in [1.54, 1.807) is 11.3 Å². The zero-order valence-electron chi connectivity index (χ0n) is 10.5. The van der Waals surface area contributed by atoms with Crippen LogP contribution < -0.4 is 0 Å². The minimum atomic E-state index is -1.03. The molecule has 1 amide bonds. The number of carboxylic acid groups (broad SMARTS) is 1. The molecule has 0 saturated heterocycles. The van der Waals surface area contributed by atoms with Crippen LogP contribution >= 0.6 is 11.3 Å². The summed E-state index contributed by atoms with van der Waals surface area (Å²) < 4.78 is 0. The molecule has 0 radical (unpaired) electrons. The van der Waals surface area contributed by atoms with Crippen LogP contribution in [0, 0.1) is 12.8 Å². The molecule has 0 spiro atoms. The monoisotopic (exact) mass is 278 g/mol. The van der Waals surface area contributed by atoms with Crippen LogP contribution in [0.4, 0.5) is 0 Å². The first-order valence-corrected chi connectivity index (χ1v) is 7.06. The Morgan fingerprint density at radius 3 is 3.16 bits per heavy atom. The summed E-state index contributed by atoms with van der Waals surface area (Å²) >= 11 is 1.76. The molecule has 2 heterocycles. The van der Waals surface area contributed by atoms with Crippen LogP contribution in [-0.4, -0.2) is 34.2 Å². The highest BCUT2D eigenvalue weighted by Gasteiger charge is 2.35. The lowest BCUT2D eigenvalue weighted by atomic mass is 9.83. The minimum absolute atomic E-state index is 0.152. The third-order valence-electron chi connectivity index (χ3n) is 3.54. The molecule has 3 rings (SSSR count). The van der Waals surface area contributed by atoms with Gasteiger partial charge in [0, 0.05) is 27.7 Å². The summed E-state index contributed by atoms with van der Waals surface area (Å²) in [7, 11) is 0. The zero-order valence-corrected chi connectivity index (χ0v) is 11.4. The maximum Gasteiger partial charge on any atom is 0.325 e. The minimum Gasteiger partial charge on any atom is -0.480 e. The van der Waals surface area contributed by atoms with Gasteiger partial charge in [-0.2, -0.15) is 5.10 Å². The number of carboxylic acids is 1. The van der Waals surface area contributed by atoms with E-state index < -0.39 is 5.97 Å². The highest BCUT2D eigenvalue weighted by atomic mass is 32.1. The van der Waals surface area contributed by atoms with Crippen LogP contribution in [0.15, 0.2) is 11.2 Å². The SMILES string of the molecule is Cc1cc2c(s1)CCC1CC(=O)N(CC(=O)O)N=C21. The summed E-state index contributed by atoms with van der Waals surface area (Å²) in [5.41, 5.74) is 2.01. The molecule has 0 fully saturated rings. The number of thiophene rings is 1. The summed E-state index contributed by atoms with van der Waals surface area (Å²) in [6.45, 7) is 1.70. The van der Waals surface area contributed by atoms with E-state index in [1.165, 1.54) is 9.75 Å². The number of nitrogens with zero attached hydrogens (tertiary/aromatic N) is 2. The first kappa shape index (κ1) is 12.3. The number of fused-ring (bicyclic) bond motifs is 3. The Labute approximate surface area is 114 Å². The lowest BCUT2D eigenvalue weighted by molar-refractivity contribution is -0.145. The van der Waals surface area contributed by atoms with Crippen molar-refractivity contribution in [2.45, 2.75) is 26.2 Å². The Morgan fingerprint density at radius 1 is 1.63 bits per heavy atom. The fourth-order valence-electron chi connectivity index (χ4n) is 2.71. The fraction of sp³-hybridized carbons (Fsp3) is 0.462. The van der Waals surface area contributed by atoms with Crippen LogP contribution in [0.25, 0.3) is 0 Å². The van der Waals surface area contributed by atoms with E-state index in [0.717, 1.165) is 29.1 Å². The van der Waals surface area contributed by atoms with Gasteiger partial charge in [-0.3, -0.25) is 9.59 Å². The molecule has 1 atom stereocenters. The van der Waals surface area contributed by atoms with Gasteiger partial charge in [-0.05, 0) is 25.8 Å². The second-order valence-electron chi connectivity index (χ2n) is 4.96. The molecule has 0 bridgehead atoms. The topological polar surface area (TPSA) is 70.0 Å². The smallest absolute Gasteiger partial charge is 0.325 e. The molecule has 1 unspecified atom stereocenters. The molecular formula is C13H14N2O3S. The van der Waals surface area contributed by atoms with Crippen molar-refractivity contribution in [3.8, 4) is 0 Å². The number of amides is 1. The molecule has 0 saturated carbocycles. The lowest BCUT2D eigenvalue weighted by Crippen LogP contribution is -2.41. The third kappa shape index (κ3) is 2.16. The lowest BCUT2D eigenvalue weighted by Gasteiger charge is -2.31. The van der Waals surface area contributed by atoms with E-state index in [1.807, 2.05) is 0 Å². The zero-order chi connectivity index (χ0) is 13.6. The first-order valence-electron chi connectivity index (χ1n) is 6.25. The average Bonchev–Trinajstić information content (AvgIpc) is 2.70. The van der Waals surface area contributed by atoms with Crippen molar-refractivity contribution in [3.05, 3.63) is 21.4 Å². The summed E-state index contributed by atoms with van der Waals surface area (Å²) in [5, 5.41) is 14.2. The molecule has 1 N–H and O–H groups in total. The van der Waals surface area contributed by atoms with Crippen molar-refractivity contribution in [1.82, 2.24) is 5.01 Å². The summed E-state index contributed by atoms with van der Waals surface area (Å²) in [6.07, 6.45) is 2.29. The molecular weight excluding hydrogens is 264 g/mol. The van der Waals surface area contributed by atoms with Gasteiger partial charge < -0.3 is 5.11 Å². The van der Waals surface area contributed by atoms with Crippen LogP contribution in [0.2, 0.25) is 0 Å². The number of hydrogen-bond acceptors (Lipinski definition) is 4. The van der Waals surface area contributed by atoms with Crippen molar-refractivity contribution < 1.29 is 14.7 Å². The van der Waals surface area contributed by atoms with Gasteiger partial charge >= 0.3 is 5.97 Å². The number of carbonyl (C=O) groups excluding carboxylic acids is 1. The van der Waals surface area contributed by atoms with Crippen LogP contribution in [0.5, 0.6) is 0 Å². The number of rotatable bonds is 2. The van der Waals surface area contributed by atoms with E-state index in [0.29, 0.717) is 6.42 Å². The standard InChI is InChI=1S/C13H14N2O3S/c1-7-4-9-10(19-7)3-2-8-5-11(16)15(6-12(17)18)14-13(8)9/h4,8H,2-3,5-6H2,1H3,(H,17,18). The van der Waals surface area contributed by atoms with Crippen LogP contribution in [0.1, 0.15) is 28.2 Å². The summed E-state index contributed by atoms with van der Waals surface area (Å²) in [5.74, 6) is -1.07. The van der Waals surface area contributed by atoms with E-state index in [4.69, 9.17) is 5.11 Å². The molecule has 0 aromatic carbocycles. The van der Waals surface area contributed by atoms with Crippen molar-refractivity contribution in [2.24, 2.45) is 11.0 Å². The molecule has 100 valence electrons. The molecule has 1 aliphatic heterocycles. The highest BCUT2D eigenvalue weighted by Crippen LogP contribution is 2.36. The van der Waals surface area contributed by atoms with Gasteiger partial charge in [0.1, 0.15) is 6.54 Å². The average molecular weight is 278 g/mol. The van der Waals surface area contributed by atoms with E-state index in [9.17, 15) is 9.59 Å². The van der Waals surface area contributed by atoms with E-state index in [-0.39, 0.29) is 18.4 Å². The number of aryl methyl sites for hydroxylation is 2. The normalized spacial score (nSPS) is 21.7. The first-order chi connectivity index (χ1) is 9.04. The quantitative estimate of drug-likeness (QED) is 0.894. The van der Waals surface area contributed by atoms with Gasteiger partial charge in [0.25, 0.3) is 0 Å². The Bertz CT molecular complexity index is 591. The number of hydrogen-bond donors (Lipinski definition) is 1. The molecule has 1 aromatic rings. The second kappa shape index (κ2) is 4.45. The van der Waals surface area contributed by atoms with Crippen molar-refractivity contribution >= 4 is 28.9 Å². The van der Waals surface area contributed by atoms with Crippen molar-refractivity contribution in [1.29, 1.82) is 0 Å². The van der Waals surface area contributed by atoms with Gasteiger partial charge in [-0.15, -0.1) is 11.3 Å². The fourth-order valence-corrected chi connectivity index (χ4v) is 3.77. The largest absolute Gasteiger partial charge is 0.480 e. The number of hydrazone groups is 1. The molecule has 2 aliphatic rings. The van der Waals surface area contributed by atoms with Gasteiger partial charge in [-0.25, -0.2) is 5.01 Å². The third-order valence-corrected chi connectivity index (χ3v) is 4.65. The Morgan fingerprint density at radius 2 is 2.42 bits per heavy atom. The number of carbonyl (C=O) groups is 2. The Balaban J connectivity index is 2.00. The van der Waals surface area contributed by atoms with Gasteiger partial charge in [0.15, 0.2) is 0 Å². The van der Waals surface area contributed by atoms with Crippen LogP contribution in [-0.2, 0) is 16.0 Å². The molecule has 1 aromatic heterocycles. The van der Waals surface area contributed by atoms with Gasteiger partial charge in [0.05, 0.1) is 5.71 Å². The molecule has 1 aliphatic carbocycles.